The van der Waals surface area contributed by atoms with E-state index in [9.17, 15) is 15.0 Å². The van der Waals surface area contributed by atoms with Crippen LogP contribution in [0.5, 0.6) is 0 Å². The molecule has 1 aliphatic rings. The van der Waals surface area contributed by atoms with E-state index in [1.807, 2.05) is 39.8 Å². The van der Waals surface area contributed by atoms with Crippen LogP contribution < -0.4 is 10.8 Å². The fourth-order valence-electron chi connectivity index (χ4n) is 2.53. The van der Waals surface area contributed by atoms with Crippen LogP contribution in [0.3, 0.4) is 0 Å². The molecule has 1 heterocycles. The SMILES string of the molecule is CC(=O)NCC(O)C(O)c1ccccc1B1OC(C)(C)C(C)(C)O1. The highest BCUT2D eigenvalue weighted by Crippen LogP contribution is 2.37. The van der Waals surface area contributed by atoms with Gasteiger partial charge in [-0.25, -0.2) is 0 Å². The topological polar surface area (TPSA) is 88.0 Å². The highest BCUT2D eigenvalue weighted by molar-refractivity contribution is 6.62. The average molecular weight is 335 g/mol. The molecule has 0 bridgehead atoms. The number of nitrogens with one attached hydrogen (secondary N) is 1. The highest BCUT2D eigenvalue weighted by atomic mass is 16.7. The molecule has 1 amide bonds. The summed E-state index contributed by atoms with van der Waals surface area (Å²) in [5.41, 5.74) is 0.203. The number of aliphatic hydroxyl groups excluding tert-OH is 2. The number of benzene rings is 1. The summed E-state index contributed by atoms with van der Waals surface area (Å²) >= 11 is 0. The zero-order valence-corrected chi connectivity index (χ0v) is 14.9. The molecule has 7 heteroatoms. The van der Waals surface area contributed by atoms with Gasteiger partial charge in [-0.15, -0.1) is 0 Å². The van der Waals surface area contributed by atoms with Crippen molar-refractivity contribution in [2.45, 2.75) is 58.0 Å². The second-order valence-corrected chi connectivity index (χ2v) is 7.17. The smallest absolute Gasteiger partial charge is 0.399 e. The molecule has 1 fully saturated rings. The Labute approximate surface area is 143 Å². The third-order valence-electron chi connectivity index (χ3n) is 4.75. The van der Waals surface area contributed by atoms with Crippen LogP contribution in [0.15, 0.2) is 24.3 Å². The normalized spacial score (nSPS) is 21.4. The molecule has 2 rings (SSSR count). The molecule has 0 radical (unpaired) electrons. The lowest BCUT2D eigenvalue weighted by molar-refractivity contribution is -0.119. The molecule has 2 unspecified atom stereocenters. The molecule has 1 aromatic carbocycles. The van der Waals surface area contributed by atoms with Crippen LogP contribution in [0.25, 0.3) is 0 Å². The van der Waals surface area contributed by atoms with E-state index < -0.39 is 30.5 Å². The van der Waals surface area contributed by atoms with Gasteiger partial charge in [-0.1, -0.05) is 24.3 Å². The van der Waals surface area contributed by atoms with Gasteiger partial charge in [0.25, 0.3) is 0 Å². The van der Waals surface area contributed by atoms with Crippen LogP contribution in [0.2, 0.25) is 0 Å². The van der Waals surface area contributed by atoms with Crippen LogP contribution in [0.1, 0.15) is 46.3 Å². The molecule has 0 saturated carbocycles. The van der Waals surface area contributed by atoms with Crippen molar-refractivity contribution in [2.24, 2.45) is 0 Å². The summed E-state index contributed by atoms with van der Waals surface area (Å²) < 4.78 is 12.1. The third kappa shape index (κ3) is 3.80. The van der Waals surface area contributed by atoms with Gasteiger partial charge in [0, 0.05) is 13.5 Å². The van der Waals surface area contributed by atoms with E-state index in [4.69, 9.17) is 9.31 Å². The van der Waals surface area contributed by atoms with Crippen molar-refractivity contribution in [1.29, 1.82) is 0 Å². The van der Waals surface area contributed by atoms with Crippen molar-refractivity contribution in [3.05, 3.63) is 29.8 Å². The fourth-order valence-corrected chi connectivity index (χ4v) is 2.53. The molecular weight excluding hydrogens is 309 g/mol. The summed E-state index contributed by atoms with van der Waals surface area (Å²) in [6.07, 6.45) is -2.29. The minimum atomic E-state index is -1.16. The van der Waals surface area contributed by atoms with Gasteiger partial charge in [-0.3, -0.25) is 4.79 Å². The van der Waals surface area contributed by atoms with E-state index in [0.29, 0.717) is 11.0 Å². The van der Waals surface area contributed by atoms with E-state index in [1.54, 1.807) is 12.1 Å². The van der Waals surface area contributed by atoms with Gasteiger partial charge in [0.05, 0.1) is 11.2 Å². The van der Waals surface area contributed by atoms with Crippen molar-refractivity contribution in [3.63, 3.8) is 0 Å². The first-order chi connectivity index (χ1) is 11.0. The Hall–Kier alpha value is -1.41. The molecule has 24 heavy (non-hydrogen) atoms. The first-order valence-electron chi connectivity index (χ1n) is 8.10. The molecule has 6 nitrogen and oxygen atoms in total. The molecule has 132 valence electrons. The summed E-state index contributed by atoms with van der Waals surface area (Å²) in [4.78, 5) is 11.0. The van der Waals surface area contributed by atoms with Crippen molar-refractivity contribution < 1.29 is 24.3 Å². The molecule has 1 aliphatic heterocycles. The first kappa shape index (κ1) is 18.9. The average Bonchev–Trinajstić information content (AvgIpc) is 2.72. The molecule has 1 aromatic rings. The third-order valence-corrected chi connectivity index (χ3v) is 4.75. The van der Waals surface area contributed by atoms with Crippen LogP contribution in [-0.4, -0.2) is 47.1 Å². The molecule has 0 spiro atoms. The Morgan fingerprint density at radius 3 is 2.25 bits per heavy atom. The summed E-state index contributed by atoms with van der Waals surface area (Å²) in [6, 6.07) is 7.14. The lowest BCUT2D eigenvalue weighted by atomic mass is 9.74. The Balaban J connectivity index is 2.24. The standard InChI is InChI=1S/C17H26BNO5/c1-11(20)19-10-14(21)15(22)12-8-6-7-9-13(12)18-23-16(2,3)17(4,5)24-18/h6-9,14-15,21-22H,10H2,1-5H3,(H,19,20). The number of rotatable bonds is 5. The zero-order chi connectivity index (χ0) is 18.1. The number of hydrogen-bond donors (Lipinski definition) is 3. The number of aliphatic hydroxyl groups is 2. The van der Waals surface area contributed by atoms with Gasteiger partial charge in [0.15, 0.2) is 0 Å². The van der Waals surface area contributed by atoms with E-state index in [-0.39, 0.29) is 12.5 Å². The van der Waals surface area contributed by atoms with Crippen LogP contribution in [0.4, 0.5) is 0 Å². The largest absolute Gasteiger partial charge is 0.495 e. The minimum Gasteiger partial charge on any atom is -0.399 e. The van der Waals surface area contributed by atoms with Crippen molar-refractivity contribution in [3.8, 4) is 0 Å². The molecular formula is C17H26BNO5. The van der Waals surface area contributed by atoms with E-state index >= 15 is 0 Å². The second kappa shape index (κ2) is 6.84. The minimum absolute atomic E-state index is 0.0335. The van der Waals surface area contributed by atoms with E-state index in [1.165, 1.54) is 6.92 Å². The number of hydrogen-bond acceptors (Lipinski definition) is 5. The van der Waals surface area contributed by atoms with Gasteiger partial charge in [0.2, 0.25) is 5.91 Å². The monoisotopic (exact) mass is 335 g/mol. The van der Waals surface area contributed by atoms with Gasteiger partial charge >= 0.3 is 7.12 Å². The summed E-state index contributed by atoms with van der Waals surface area (Å²) in [6.45, 7) is 9.15. The molecule has 1 saturated heterocycles. The quantitative estimate of drug-likeness (QED) is 0.683. The predicted molar refractivity (Wildman–Crippen MR) is 91.8 cm³/mol. The Morgan fingerprint density at radius 2 is 1.71 bits per heavy atom. The van der Waals surface area contributed by atoms with Crippen LogP contribution in [0, 0.1) is 0 Å². The first-order valence-corrected chi connectivity index (χ1v) is 8.10. The summed E-state index contributed by atoms with van der Waals surface area (Å²) in [5, 5.41) is 23.1. The van der Waals surface area contributed by atoms with Crippen molar-refractivity contribution in [2.75, 3.05) is 6.54 Å². The number of amides is 1. The maximum Gasteiger partial charge on any atom is 0.495 e. The lowest BCUT2D eigenvalue weighted by Crippen LogP contribution is -2.41. The molecule has 3 N–H and O–H groups in total. The zero-order valence-electron chi connectivity index (χ0n) is 14.9. The summed E-state index contributed by atoms with van der Waals surface area (Å²) in [5.74, 6) is -0.263. The van der Waals surface area contributed by atoms with E-state index in [2.05, 4.69) is 5.32 Å². The number of carbonyl (C=O) groups excluding carboxylic acids is 1. The van der Waals surface area contributed by atoms with Gasteiger partial charge in [-0.05, 0) is 38.7 Å². The molecule has 2 atom stereocenters. The van der Waals surface area contributed by atoms with Gasteiger partial charge < -0.3 is 24.8 Å². The lowest BCUT2D eigenvalue weighted by Gasteiger charge is -2.32. The predicted octanol–water partition coefficient (Wildman–Crippen LogP) is 0.516. The number of carbonyl (C=O) groups is 1. The van der Waals surface area contributed by atoms with Gasteiger partial charge in [0.1, 0.15) is 12.2 Å². The molecule has 0 aromatic heterocycles. The Morgan fingerprint density at radius 1 is 1.17 bits per heavy atom. The Kier molecular flexibility index (Phi) is 5.39. The van der Waals surface area contributed by atoms with Crippen LogP contribution >= 0.6 is 0 Å². The Bertz CT molecular complexity index is 588. The van der Waals surface area contributed by atoms with Crippen molar-refractivity contribution in [1.82, 2.24) is 5.32 Å². The van der Waals surface area contributed by atoms with E-state index in [0.717, 1.165) is 0 Å². The maximum atomic E-state index is 11.0. The van der Waals surface area contributed by atoms with Crippen LogP contribution in [-0.2, 0) is 14.1 Å². The van der Waals surface area contributed by atoms with Gasteiger partial charge in [-0.2, -0.15) is 0 Å². The highest BCUT2D eigenvalue weighted by Gasteiger charge is 2.52. The fraction of sp³-hybridized carbons (Fsp3) is 0.588. The molecule has 0 aliphatic carbocycles. The van der Waals surface area contributed by atoms with Crippen molar-refractivity contribution >= 4 is 18.5 Å². The summed E-state index contributed by atoms with van der Waals surface area (Å²) in [7, 11) is -0.631. The maximum absolute atomic E-state index is 11.0. The second-order valence-electron chi connectivity index (χ2n) is 7.17.